The molecule has 1 unspecified atom stereocenters. The quantitative estimate of drug-likeness (QED) is 0.706. The third-order valence-corrected chi connectivity index (χ3v) is 6.19. The Bertz CT molecular complexity index is 483. The van der Waals surface area contributed by atoms with Gasteiger partial charge < -0.3 is 0 Å². The van der Waals surface area contributed by atoms with Crippen LogP contribution in [0.3, 0.4) is 0 Å². The molecule has 0 spiro atoms. The van der Waals surface area contributed by atoms with E-state index in [9.17, 15) is 0 Å². The van der Waals surface area contributed by atoms with Crippen molar-refractivity contribution in [2.75, 3.05) is 0 Å². The fourth-order valence-corrected chi connectivity index (χ4v) is 4.58. The van der Waals surface area contributed by atoms with Gasteiger partial charge in [-0.3, -0.25) is 0 Å². The molecule has 1 fully saturated rings. The van der Waals surface area contributed by atoms with Gasteiger partial charge in [0.25, 0.3) is 0 Å². The molecule has 0 radical (unpaired) electrons. The maximum atomic E-state index is 4.71. The third-order valence-electron chi connectivity index (χ3n) is 3.88. The number of halogens is 1. The van der Waals surface area contributed by atoms with Gasteiger partial charge in [0.1, 0.15) is 0 Å². The van der Waals surface area contributed by atoms with Gasteiger partial charge in [-0.15, -0.1) is 11.3 Å². The number of nitrogens with zero attached hydrogens (tertiary/aromatic N) is 1. The number of aromatic nitrogens is 1. The smallest absolute Gasteiger partial charge is 0.0939 e. The molecule has 0 saturated heterocycles. The van der Waals surface area contributed by atoms with Crippen LogP contribution in [0.5, 0.6) is 0 Å². The van der Waals surface area contributed by atoms with E-state index < -0.39 is 0 Å². The lowest BCUT2D eigenvalue weighted by Crippen LogP contribution is -2.11. The molecule has 1 heterocycles. The van der Waals surface area contributed by atoms with Crippen molar-refractivity contribution in [3.63, 3.8) is 0 Å². The molecule has 2 aromatic rings. The van der Waals surface area contributed by atoms with E-state index in [0.29, 0.717) is 4.83 Å². The van der Waals surface area contributed by atoms with Crippen molar-refractivity contribution >= 4 is 37.5 Å². The number of rotatable bonds is 4. The van der Waals surface area contributed by atoms with Gasteiger partial charge in [-0.25, -0.2) is 4.98 Å². The number of benzene rings is 1. The van der Waals surface area contributed by atoms with Crippen LogP contribution in [-0.4, -0.2) is 9.81 Å². The van der Waals surface area contributed by atoms with Gasteiger partial charge in [0.05, 0.1) is 15.2 Å². The Morgan fingerprint density at radius 2 is 2.06 bits per heavy atom. The summed E-state index contributed by atoms with van der Waals surface area (Å²) in [5, 5.41) is 1.29. The van der Waals surface area contributed by atoms with Crippen LogP contribution in [0.1, 0.15) is 37.1 Å². The minimum absolute atomic E-state index is 0.687. The lowest BCUT2D eigenvalue weighted by molar-refractivity contribution is 0.506. The lowest BCUT2D eigenvalue weighted by Gasteiger charge is -2.15. The van der Waals surface area contributed by atoms with E-state index in [1.807, 2.05) is 11.3 Å². The number of para-hydroxylation sites is 1. The summed E-state index contributed by atoms with van der Waals surface area (Å²) in [6.07, 6.45) is 8.02. The number of alkyl halides is 1. The van der Waals surface area contributed by atoms with Crippen LogP contribution in [0.15, 0.2) is 24.3 Å². The standard InChI is InChI=1S/C15H18BrNS/c16-12(11-5-1-2-6-11)9-10-15-17-13-7-3-4-8-14(13)18-15/h3-4,7-8,11-12H,1-2,5-6,9-10H2. The average Bonchev–Trinajstić information content (AvgIpc) is 3.04. The fourth-order valence-electron chi connectivity index (χ4n) is 2.84. The van der Waals surface area contributed by atoms with Gasteiger partial charge in [-0.05, 0) is 37.3 Å². The zero-order valence-corrected chi connectivity index (χ0v) is 12.8. The monoisotopic (exact) mass is 323 g/mol. The van der Waals surface area contributed by atoms with Crippen molar-refractivity contribution in [3.8, 4) is 0 Å². The summed E-state index contributed by atoms with van der Waals surface area (Å²) >= 11 is 5.73. The molecule has 1 aliphatic rings. The second-order valence-electron chi connectivity index (χ2n) is 5.17. The molecule has 0 N–H and O–H groups in total. The van der Waals surface area contributed by atoms with E-state index in [1.54, 1.807) is 0 Å². The average molecular weight is 324 g/mol. The zero-order chi connectivity index (χ0) is 12.4. The van der Waals surface area contributed by atoms with Gasteiger partial charge in [0.15, 0.2) is 0 Å². The van der Waals surface area contributed by atoms with Gasteiger partial charge in [0.2, 0.25) is 0 Å². The normalized spacial score (nSPS) is 18.5. The molecule has 0 bridgehead atoms. The summed E-state index contributed by atoms with van der Waals surface area (Å²) in [7, 11) is 0. The van der Waals surface area contributed by atoms with Gasteiger partial charge in [-0.2, -0.15) is 0 Å². The SMILES string of the molecule is BrC(CCc1nc2ccccc2s1)C1CCCC1. The van der Waals surface area contributed by atoms with E-state index in [4.69, 9.17) is 4.98 Å². The first-order valence-electron chi connectivity index (χ1n) is 6.81. The van der Waals surface area contributed by atoms with E-state index in [2.05, 4.69) is 40.2 Å². The lowest BCUT2D eigenvalue weighted by atomic mass is 10.0. The molecule has 3 heteroatoms. The Balaban J connectivity index is 1.62. The zero-order valence-electron chi connectivity index (χ0n) is 10.4. The Hall–Kier alpha value is -0.410. The number of aryl methyl sites for hydroxylation is 1. The highest BCUT2D eigenvalue weighted by Crippen LogP contribution is 2.34. The van der Waals surface area contributed by atoms with Crippen LogP contribution in [0, 0.1) is 5.92 Å². The van der Waals surface area contributed by atoms with E-state index in [0.717, 1.165) is 17.9 Å². The third kappa shape index (κ3) is 2.77. The second-order valence-corrected chi connectivity index (χ2v) is 7.47. The molecule has 0 aliphatic heterocycles. The molecule has 3 rings (SSSR count). The second kappa shape index (κ2) is 5.70. The van der Waals surface area contributed by atoms with Gasteiger partial charge in [-0.1, -0.05) is 40.9 Å². The van der Waals surface area contributed by atoms with Crippen LogP contribution in [0.2, 0.25) is 0 Å². The molecule has 96 valence electrons. The first-order valence-corrected chi connectivity index (χ1v) is 8.54. The predicted molar refractivity (Wildman–Crippen MR) is 82.6 cm³/mol. The Morgan fingerprint density at radius 3 is 2.83 bits per heavy atom. The molecule has 1 atom stereocenters. The summed E-state index contributed by atoms with van der Waals surface area (Å²) in [5.74, 6) is 0.902. The van der Waals surface area contributed by atoms with Crippen molar-refractivity contribution in [2.24, 2.45) is 5.92 Å². The van der Waals surface area contributed by atoms with Crippen LogP contribution >= 0.6 is 27.3 Å². The van der Waals surface area contributed by atoms with Crippen molar-refractivity contribution in [2.45, 2.75) is 43.4 Å². The highest BCUT2D eigenvalue weighted by molar-refractivity contribution is 9.09. The van der Waals surface area contributed by atoms with Crippen LogP contribution in [-0.2, 0) is 6.42 Å². The summed E-state index contributed by atoms with van der Waals surface area (Å²) < 4.78 is 1.32. The van der Waals surface area contributed by atoms with Crippen molar-refractivity contribution < 1.29 is 0 Å². The maximum Gasteiger partial charge on any atom is 0.0939 e. The van der Waals surface area contributed by atoms with E-state index >= 15 is 0 Å². The van der Waals surface area contributed by atoms with Crippen LogP contribution in [0.4, 0.5) is 0 Å². The minimum Gasteiger partial charge on any atom is -0.241 e. The fraction of sp³-hybridized carbons (Fsp3) is 0.533. The van der Waals surface area contributed by atoms with Crippen molar-refractivity contribution in [1.29, 1.82) is 0 Å². The predicted octanol–water partition coefficient (Wildman–Crippen LogP) is 5.18. The van der Waals surface area contributed by atoms with Crippen LogP contribution in [0.25, 0.3) is 10.2 Å². The molecule has 1 aliphatic carbocycles. The first-order chi connectivity index (χ1) is 8.83. The van der Waals surface area contributed by atoms with Gasteiger partial charge in [0, 0.05) is 11.2 Å². The topological polar surface area (TPSA) is 12.9 Å². The summed E-state index contributed by atoms with van der Waals surface area (Å²) in [5.41, 5.74) is 1.16. The number of fused-ring (bicyclic) bond motifs is 1. The summed E-state index contributed by atoms with van der Waals surface area (Å²) in [6, 6.07) is 8.44. The summed E-state index contributed by atoms with van der Waals surface area (Å²) in [6.45, 7) is 0. The number of thiazole rings is 1. The largest absolute Gasteiger partial charge is 0.241 e. The van der Waals surface area contributed by atoms with E-state index in [-0.39, 0.29) is 0 Å². The molecular formula is C15H18BrNS. The molecule has 0 amide bonds. The molecule has 1 saturated carbocycles. The van der Waals surface area contributed by atoms with Gasteiger partial charge >= 0.3 is 0 Å². The molecule has 1 aromatic carbocycles. The van der Waals surface area contributed by atoms with Crippen molar-refractivity contribution in [1.82, 2.24) is 4.98 Å². The van der Waals surface area contributed by atoms with E-state index in [1.165, 1.54) is 41.8 Å². The molecule has 1 nitrogen and oxygen atoms in total. The number of hydrogen-bond donors (Lipinski definition) is 0. The van der Waals surface area contributed by atoms with Crippen LogP contribution < -0.4 is 0 Å². The Morgan fingerprint density at radius 1 is 1.28 bits per heavy atom. The van der Waals surface area contributed by atoms with Crippen molar-refractivity contribution in [3.05, 3.63) is 29.3 Å². The molecule has 1 aromatic heterocycles. The first kappa shape index (κ1) is 12.6. The summed E-state index contributed by atoms with van der Waals surface area (Å²) in [4.78, 5) is 5.40. The number of hydrogen-bond acceptors (Lipinski definition) is 2. The highest BCUT2D eigenvalue weighted by Gasteiger charge is 2.22. The maximum absolute atomic E-state index is 4.71. The highest BCUT2D eigenvalue weighted by atomic mass is 79.9. The Labute approximate surface area is 121 Å². The minimum atomic E-state index is 0.687. The molecule has 18 heavy (non-hydrogen) atoms. The molecular weight excluding hydrogens is 306 g/mol. The Kier molecular flexibility index (Phi) is 4.00.